The quantitative estimate of drug-likeness (QED) is 0.521. The summed E-state index contributed by atoms with van der Waals surface area (Å²) in [6, 6.07) is 15.4. The van der Waals surface area contributed by atoms with Gasteiger partial charge >= 0.3 is 0 Å². The predicted molar refractivity (Wildman–Crippen MR) is 109 cm³/mol. The van der Waals surface area contributed by atoms with E-state index in [9.17, 15) is 4.79 Å². The van der Waals surface area contributed by atoms with Gasteiger partial charge in [-0.05, 0) is 17.2 Å². The highest BCUT2D eigenvalue weighted by atomic mass is 16.3. The second-order valence-corrected chi connectivity index (χ2v) is 6.45. The second-order valence-electron chi connectivity index (χ2n) is 6.45. The molecule has 0 saturated carbocycles. The molecule has 0 aliphatic heterocycles. The van der Waals surface area contributed by atoms with Gasteiger partial charge in [0.05, 0.1) is 17.1 Å². The van der Waals surface area contributed by atoms with Crippen LogP contribution < -0.4 is 5.43 Å². The van der Waals surface area contributed by atoms with Crippen molar-refractivity contribution in [3.05, 3.63) is 88.0 Å². The molecule has 4 heteroatoms. The smallest absolute Gasteiger partial charge is 0.201 e. The van der Waals surface area contributed by atoms with Crippen molar-refractivity contribution in [2.45, 2.75) is 13.3 Å². The zero-order valence-electron chi connectivity index (χ0n) is 15.3. The van der Waals surface area contributed by atoms with Crippen molar-refractivity contribution in [2.24, 2.45) is 7.05 Å². The Hall–Kier alpha value is -3.40. The Kier molecular flexibility index (Phi) is 4.47. The number of hydrogen-bond donors (Lipinski definition) is 0. The zero-order valence-corrected chi connectivity index (χ0v) is 15.3. The van der Waals surface area contributed by atoms with Gasteiger partial charge in [0.15, 0.2) is 0 Å². The van der Waals surface area contributed by atoms with E-state index in [0.29, 0.717) is 28.7 Å². The average Bonchev–Trinajstić information content (AvgIpc) is 3.11. The van der Waals surface area contributed by atoms with Crippen molar-refractivity contribution in [1.29, 1.82) is 0 Å². The van der Waals surface area contributed by atoms with Crippen molar-refractivity contribution in [1.82, 2.24) is 9.78 Å². The van der Waals surface area contributed by atoms with Gasteiger partial charge in [0.25, 0.3) is 0 Å². The minimum atomic E-state index is 0.00531. The van der Waals surface area contributed by atoms with Crippen LogP contribution in [0.2, 0.25) is 0 Å². The van der Waals surface area contributed by atoms with E-state index in [-0.39, 0.29) is 5.43 Å². The number of nitrogens with zero attached hydrogens (tertiary/aromatic N) is 2. The largest absolute Gasteiger partial charge is 0.460 e. The fraction of sp³-hybridized carbons (Fsp3) is 0.130. The molecular weight excluding hydrogens is 336 g/mol. The predicted octanol–water partition coefficient (Wildman–Crippen LogP) is 4.93. The Morgan fingerprint density at radius 1 is 1.07 bits per heavy atom. The normalized spacial score (nSPS) is 11.5. The van der Waals surface area contributed by atoms with Crippen LogP contribution >= 0.6 is 0 Å². The van der Waals surface area contributed by atoms with Crippen LogP contribution in [0.1, 0.15) is 23.8 Å². The summed E-state index contributed by atoms with van der Waals surface area (Å²) in [5.74, 6) is 0.715. The van der Waals surface area contributed by atoms with Gasteiger partial charge in [-0.2, -0.15) is 5.10 Å². The minimum absolute atomic E-state index is 0.00531. The molecule has 0 fully saturated rings. The lowest BCUT2D eigenvalue weighted by molar-refractivity contribution is 0.546. The first-order valence-corrected chi connectivity index (χ1v) is 8.98. The summed E-state index contributed by atoms with van der Waals surface area (Å²) in [5.41, 5.74) is 3.97. The van der Waals surface area contributed by atoms with E-state index >= 15 is 0 Å². The van der Waals surface area contributed by atoms with Gasteiger partial charge in [-0.3, -0.25) is 9.48 Å². The Balaban J connectivity index is 1.94. The van der Waals surface area contributed by atoms with Crippen LogP contribution in [0, 0.1) is 0 Å². The third-order valence-electron chi connectivity index (χ3n) is 4.59. The molecule has 0 aliphatic rings. The number of fused-ring (bicyclic) bond motifs is 1. The Labute approximate surface area is 157 Å². The van der Waals surface area contributed by atoms with Crippen LogP contribution in [0.15, 0.2) is 70.1 Å². The summed E-state index contributed by atoms with van der Waals surface area (Å²) in [4.78, 5) is 13.4. The van der Waals surface area contributed by atoms with E-state index in [0.717, 1.165) is 16.7 Å². The van der Waals surface area contributed by atoms with Gasteiger partial charge < -0.3 is 4.42 Å². The van der Waals surface area contributed by atoms with Gasteiger partial charge in [0, 0.05) is 25.2 Å². The van der Waals surface area contributed by atoms with Crippen molar-refractivity contribution >= 4 is 23.1 Å². The maximum Gasteiger partial charge on any atom is 0.201 e. The molecule has 0 amide bonds. The van der Waals surface area contributed by atoms with Crippen LogP contribution in [0.25, 0.3) is 34.2 Å². The van der Waals surface area contributed by atoms with E-state index in [2.05, 4.69) is 5.10 Å². The maximum absolute atomic E-state index is 13.4. The molecule has 0 atom stereocenters. The number of aryl methyl sites for hydroxylation is 2. The topological polar surface area (TPSA) is 48.0 Å². The van der Waals surface area contributed by atoms with Gasteiger partial charge in [0.1, 0.15) is 11.3 Å². The van der Waals surface area contributed by atoms with Gasteiger partial charge in [-0.1, -0.05) is 61.5 Å². The molecule has 2 aromatic heterocycles. The lowest BCUT2D eigenvalue weighted by Gasteiger charge is -2.10. The number of benzene rings is 2. The fourth-order valence-electron chi connectivity index (χ4n) is 3.31. The number of rotatable bonds is 4. The lowest BCUT2D eigenvalue weighted by Crippen LogP contribution is -2.10. The summed E-state index contributed by atoms with van der Waals surface area (Å²) in [6.45, 7) is 2.00. The summed E-state index contributed by atoms with van der Waals surface area (Å²) in [7, 11) is 1.88. The van der Waals surface area contributed by atoms with Crippen LogP contribution in [0.5, 0.6) is 0 Å². The van der Waals surface area contributed by atoms with Crippen LogP contribution in [-0.2, 0) is 13.5 Å². The molecule has 0 radical (unpaired) electrons. The Bertz CT molecular complexity index is 1180. The first-order chi connectivity index (χ1) is 13.2. The van der Waals surface area contributed by atoms with Crippen LogP contribution in [-0.4, -0.2) is 9.78 Å². The highest BCUT2D eigenvalue weighted by Crippen LogP contribution is 2.27. The standard InChI is InChI=1S/C23H20N2O2/c1-3-19-21(17-8-5-4-6-9-17)23(26)22-18(10-7-11-20(22)27-19)13-12-16-14-24-25(2)15-16/h4-15H,3H2,1-2H3/b13-12+. The first kappa shape index (κ1) is 17.0. The molecule has 27 heavy (non-hydrogen) atoms. The van der Waals surface area contributed by atoms with Gasteiger partial charge in [-0.15, -0.1) is 0 Å². The second kappa shape index (κ2) is 7.08. The van der Waals surface area contributed by atoms with Gasteiger partial charge in [0.2, 0.25) is 5.43 Å². The first-order valence-electron chi connectivity index (χ1n) is 8.98. The summed E-state index contributed by atoms with van der Waals surface area (Å²) in [6.07, 6.45) is 8.27. The minimum Gasteiger partial charge on any atom is -0.460 e. The average molecular weight is 356 g/mol. The third kappa shape index (κ3) is 3.22. The van der Waals surface area contributed by atoms with Crippen molar-refractivity contribution in [2.75, 3.05) is 0 Å². The summed E-state index contributed by atoms with van der Waals surface area (Å²) in [5, 5.41) is 4.78. The molecule has 2 heterocycles. The molecule has 2 aromatic carbocycles. The van der Waals surface area contributed by atoms with Gasteiger partial charge in [-0.25, -0.2) is 0 Å². The molecule has 4 nitrogen and oxygen atoms in total. The number of aromatic nitrogens is 2. The molecule has 134 valence electrons. The summed E-state index contributed by atoms with van der Waals surface area (Å²) >= 11 is 0. The molecule has 0 aliphatic carbocycles. The molecule has 0 unspecified atom stereocenters. The highest BCUT2D eigenvalue weighted by Gasteiger charge is 2.16. The van der Waals surface area contributed by atoms with Crippen LogP contribution in [0.4, 0.5) is 0 Å². The molecule has 4 rings (SSSR count). The van der Waals surface area contributed by atoms with E-state index in [1.165, 1.54) is 0 Å². The summed E-state index contributed by atoms with van der Waals surface area (Å²) < 4.78 is 7.87. The zero-order chi connectivity index (χ0) is 18.8. The van der Waals surface area contributed by atoms with E-state index < -0.39 is 0 Å². The third-order valence-corrected chi connectivity index (χ3v) is 4.59. The Morgan fingerprint density at radius 2 is 1.89 bits per heavy atom. The molecule has 0 saturated heterocycles. The Morgan fingerprint density at radius 3 is 2.59 bits per heavy atom. The van der Waals surface area contributed by atoms with Crippen molar-refractivity contribution in [3.63, 3.8) is 0 Å². The fourth-order valence-corrected chi connectivity index (χ4v) is 3.31. The van der Waals surface area contributed by atoms with E-state index in [4.69, 9.17) is 4.42 Å². The molecule has 4 aromatic rings. The van der Waals surface area contributed by atoms with Crippen molar-refractivity contribution < 1.29 is 4.42 Å². The van der Waals surface area contributed by atoms with E-state index in [1.54, 1.807) is 10.9 Å². The van der Waals surface area contributed by atoms with E-state index in [1.807, 2.05) is 80.9 Å². The van der Waals surface area contributed by atoms with Crippen molar-refractivity contribution in [3.8, 4) is 11.1 Å². The molecule has 0 bridgehead atoms. The molecule has 0 spiro atoms. The molecular formula is C23H20N2O2. The number of hydrogen-bond acceptors (Lipinski definition) is 3. The monoisotopic (exact) mass is 356 g/mol. The lowest BCUT2D eigenvalue weighted by atomic mass is 9.98. The van der Waals surface area contributed by atoms with Crippen LogP contribution in [0.3, 0.4) is 0 Å². The SMILES string of the molecule is CCc1oc2cccc(/C=C/c3cnn(C)c3)c2c(=O)c1-c1ccccc1. The maximum atomic E-state index is 13.4. The highest BCUT2D eigenvalue weighted by molar-refractivity contribution is 5.92. The molecule has 0 N–H and O–H groups in total.